The predicted molar refractivity (Wildman–Crippen MR) is 57.3 cm³/mol. The van der Waals surface area contributed by atoms with Crippen LogP contribution in [0, 0.1) is 5.41 Å². The second-order valence-electron chi connectivity index (χ2n) is 2.48. The van der Waals surface area contributed by atoms with Gasteiger partial charge in [0.25, 0.3) is 0 Å². The van der Waals surface area contributed by atoms with Gasteiger partial charge in [-0.05, 0) is 13.0 Å². The van der Waals surface area contributed by atoms with Gasteiger partial charge in [0.05, 0.1) is 5.56 Å². The smallest absolute Gasteiger partial charge is 0.336 e. The van der Waals surface area contributed by atoms with Crippen LogP contribution in [-0.4, -0.2) is 16.8 Å². The average Bonchev–Trinajstić information content (AvgIpc) is 2.20. The molecule has 0 aliphatic heterocycles. The van der Waals surface area contributed by atoms with Crippen molar-refractivity contribution in [1.82, 2.24) is 0 Å². The van der Waals surface area contributed by atoms with E-state index in [0.29, 0.717) is 5.56 Å². The van der Waals surface area contributed by atoms with Crippen LogP contribution in [0.5, 0.6) is 0 Å². The van der Waals surface area contributed by atoms with E-state index in [9.17, 15) is 4.79 Å². The van der Waals surface area contributed by atoms with Crippen molar-refractivity contribution in [3.05, 3.63) is 35.4 Å². The van der Waals surface area contributed by atoms with E-state index >= 15 is 0 Å². The zero-order chi connectivity index (χ0) is 11.1. The number of nitrogens with one attached hydrogen (secondary N) is 1. The molecule has 0 aliphatic rings. The fourth-order valence-corrected chi connectivity index (χ4v) is 0.997. The fraction of sp³-hybridized carbons (Fsp3) is 0.273. The maximum absolute atomic E-state index is 10.6. The summed E-state index contributed by atoms with van der Waals surface area (Å²) in [6, 6.07) is 6.50. The SMILES string of the molecule is CC.CC(=N)c1ccccc1C(=O)O. The van der Waals surface area contributed by atoms with Crippen molar-refractivity contribution in [1.29, 1.82) is 5.41 Å². The molecule has 76 valence electrons. The van der Waals surface area contributed by atoms with Crippen molar-refractivity contribution in [3.8, 4) is 0 Å². The molecule has 0 amide bonds. The second-order valence-corrected chi connectivity index (χ2v) is 2.48. The van der Waals surface area contributed by atoms with E-state index in [1.807, 2.05) is 13.8 Å². The molecule has 1 aromatic carbocycles. The number of rotatable bonds is 2. The van der Waals surface area contributed by atoms with Crippen LogP contribution in [-0.2, 0) is 0 Å². The molecule has 0 saturated carbocycles. The highest BCUT2D eigenvalue weighted by molar-refractivity contribution is 6.05. The van der Waals surface area contributed by atoms with E-state index in [-0.39, 0.29) is 11.3 Å². The summed E-state index contributed by atoms with van der Waals surface area (Å²) in [6.45, 7) is 5.57. The molecule has 0 fully saturated rings. The Morgan fingerprint density at radius 1 is 1.21 bits per heavy atom. The summed E-state index contributed by atoms with van der Waals surface area (Å²) >= 11 is 0. The van der Waals surface area contributed by atoms with E-state index in [4.69, 9.17) is 10.5 Å². The molecule has 0 spiro atoms. The van der Waals surface area contributed by atoms with Crippen LogP contribution in [0.4, 0.5) is 0 Å². The lowest BCUT2D eigenvalue weighted by Gasteiger charge is -2.01. The van der Waals surface area contributed by atoms with Crippen molar-refractivity contribution in [2.45, 2.75) is 20.8 Å². The average molecular weight is 193 g/mol. The fourth-order valence-electron chi connectivity index (χ4n) is 0.997. The molecule has 3 nitrogen and oxygen atoms in total. The van der Waals surface area contributed by atoms with Gasteiger partial charge in [0.15, 0.2) is 0 Å². The Labute approximate surface area is 83.9 Å². The molecule has 0 unspecified atom stereocenters. The standard InChI is InChI=1S/C9H9NO2.C2H6/c1-6(10)7-4-2-3-5-8(7)9(11)12;1-2/h2-5,10H,1H3,(H,11,12);1-2H3. The third-order valence-electron chi connectivity index (χ3n) is 1.56. The Hall–Kier alpha value is -1.64. The number of carboxylic acid groups (broad SMARTS) is 1. The van der Waals surface area contributed by atoms with Crippen molar-refractivity contribution in [3.63, 3.8) is 0 Å². The first-order valence-corrected chi connectivity index (χ1v) is 4.51. The molecule has 14 heavy (non-hydrogen) atoms. The number of carboxylic acids is 1. The highest BCUT2D eigenvalue weighted by atomic mass is 16.4. The highest BCUT2D eigenvalue weighted by Crippen LogP contribution is 2.08. The molecule has 3 heteroatoms. The van der Waals surface area contributed by atoms with Gasteiger partial charge >= 0.3 is 5.97 Å². The number of carbonyl (C=O) groups is 1. The number of hydrogen-bond acceptors (Lipinski definition) is 2. The van der Waals surface area contributed by atoms with Crippen LogP contribution in [0.2, 0.25) is 0 Å². The molecule has 0 aliphatic carbocycles. The van der Waals surface area contributed by atoms with Gasteiger partial charge in [-0.15, -0.1) is 0 Å². The van der Waals surface area contributed by atoms with Crippen LogP contribution in [0.15, 0.2) is 24.3 Å². The molecule has 0 saturated heterocycles. The lowest BCUT2D eigenvalue weighted by molar-refractivity contribution is 0.0696. The summed E-state index contributed by atoms with van der Waals surface area (Å²) in [5.74, 6) is -0.989. The normalized spacial score (nSPS) is 8.50. The van der Waals surface area contributed by atoms with Gasteiger partial charge in [-0.25, -0.2) is 4.79 Å². The molecule has 0 aromatic heterocycles. The Bertz CT molecular complexity index is 299. The van der Waals surface area contributed by atoms with Gasteiger partial charge in [-0.2, -0.15) is 0 Å². The topological polar surface area (TPSA) is 61.2 Å². The Balaban J connectivity index is 0.000000791. The quantitative estimate of drug-likeness (QED) is 0.709. The minimum Gasteiger partial charge on any atom is -0.478 e. The molecular formula is C11H15NO2. The number of benzene rings is 1. The Morgan fingerprint density at radius 2 is 1.64 bits per heavy atom. The van der Waals surface area contributed by atoms with Gasteiger partial charge < -0.3 is 10.5 Å². The zero-order valence-electron chi connectivity index (χ0n) is 8.66. The summed E-state index contributed by atoms with van der Waals surface area (Å²) in [7, 11) is 0. The first-order valence-electron chi connectivity index (χ1n) is 4.51. The molecule has 0 radical (unpaired) electrons. The van der Waals surface area contributed by atoms with E-state index in [0.717, 1.165) is 0 Å². The van der Waals surface area contributed by atoms with Crippen LogP contribution < -0.4 is 0 Å². The third-order valence-corrected chi connectivity index (χ3v) is 1.56. The summed E-state index contributed by atoms with van der Waals surface area (Å²) in [4.78, 5) is 10.6. The summed E-state index contributed by atoms with van der Waals surface area (Å²) in [5, 5.41) is 16.0. The van der Waals surface area contributed by atoms with Crippen molar-refractivity contribution < 1.29 is 9.90 Å². The van der Waals surface area contributed by atoms with Crippen molar-refractivity contribution in [2.24, 2.45) is 0 Å². The van der Waals surface area contributed by atoms with Gasteiger partial charge in [0, 0.05) is 11.3 Å². The maximum atomic E-state index is 10.6. The summed E-state index contributed by atoms with van der Waals surface area (Å²) < 4.78 is 0. The van der Waals surface area contributed by atoms with Crippen LogP contribution in [0.3, 0.4) is 0 Å². The lowest BCUT2D eigenvalue weighted by Crippen LogP contribution is -2.05. The minimum atomic E-state index is -0.989. The third kappa shape index (κ3) is 3.01. The van der Waals surface area contributed by atoms with Crippen LogP contribution in [0.1, 0.15) is 36.7 Å². The first kappa shape index (κ1) is 12.4. The zero-order valence-corrected chi connectivity index (χ0v) is 8.66. The predicted octanol–water partition coefficient (Wildman–Crippen LogP) is 2.80. The maximum Gasteiger partial charge on any atom is 0.336 e. The second kappa shape index (κ2) is 5.91. The van der Waals surface area contributed by atoms with E-state index < -0.39 is 5.97 Å². The Kier molecular flexibility index (Phi) is 5.22. The van der Waals surface area contributed by atoms with Gasteiger partial charge in [-0.1, -0.05) is 32.0 Å². The molecule has 2 N–H and O–H groups in total. The molecule has 1 aromatic rings. The highest BCUT2D eigenvalue weighted by Gasteiger charge is 2.09. The monoisotopic (exact) mass is 193 g/mol. The summed E-state index contributed by atoms with van der Waals surface area (Å²) in [6.07, 6.45) is 0. The van der Waals surface area contributed by atoms with E-state index in [1.54, 1.807) is 25.1 Å². The van der Waals surface area contributed by atoms with Gasteiger partial charge in [-0.3, -0.25) is 0 Å². The van der Waals surface area contributed by atoms with E-state index in [1.165, 1.54) is 6.07 Å². The molecule has 1 rings (SSSR count). The van der Waals surface area contributed by atoms with Crippen LogP contribution in [0.25, 0.3) is 0 Å². The van der Waals surface area contributed by atoms with Gasteiger partial charge in [0.1, 0.15) is 0 Å². The van der Waals surface area contributed by atoms with E-state index in [2.05, 4.69) is 0 Å². The number of aromatic carboxylic acids is 1. The van der Waals surface area contributed by atoms with Crippen LogP contribution >= 0.6 is 0 Å². The molecular weight excluding hydrogens is 178 g/mol. The summed E-state index contributed by atoms with van der Waals surface area (Å²) in [5.41, 5.74) is 0.933. The molecule has 0 bridgehead atoms. The first-order chi connectivity index (χ1) is 6.63. The minimum absolute atomic E-state index is 0.185. The Morgan fingerprint density at radius 3 is 1.93 bits per heavy atom. The van der Waals surface area contributed by atoms with Crippen molar-refractivity contribution in [2.75, 3.05) is 0 Å². The largest absolute Gasteiger partial charge is 0.478 e. The van der Waals surface area contributed by atoms with Gasteiger partial charge in [0.2, 0.25) is 0 Å². The number of hydrogen-bond donors (Lipinski definition) is 2. The molecule has 0 heterocycles. The molecule has 0 atom stereocenters. The van der Waals surface area contributed by atoms with Crippen molar-refractivity contribution >= 4 is 11.7 Å². The lowest BCUT2D eigenvalue weighted by atomic mass is 10.0.